The summed E-state index contributed by atoms with van der Waals surface area (Å²) in [6, 6.07) is 10.0. The standard InChI is InChI=1S/C15H15N5S/c1-15(2,3)12-9(8-16)13(17)20(19-12)14-18-10-6-4-5-7-11(10)21-14/h4-7H,17H2,1-3H3. The highest BCUT2D eigenvalue weighted by molar-refractivity contribution is 7.20. The molecular formula is C15H15N5S. The fourth-order valence-corrected chi connectivity index (χ4v) is 3.09. The SMILES string of the molecule is CC(C)(C)c1nn(-c2nc3ccccc3s2)c(N)c1C#N. The summed E-state index contributed by atoms with van der Waals surface area (Å²) in [6.07, 6.45) is 0. The van der Waals surface area contributed by atoms with Gasteiger partial charge in [-0.25, -0.2) is 4.98 Å². The number of para-hydroxylation sites is 1. The molecule has 0 spiro atoms. The third-order valence-electron chi connectivity index (χ3n) is 3.21. The molecule has 21 heavy (non-hydrogen) atoms. The molecule has 0 aliphatic heterocycles. The zero-order valence-electron chi connectivity index (χ0n) is 12.1. The van der Waals surface area contributed by atoms with Gasteiger partial charge in [0.2, 0.25) is 5.13 Å². The molecule has 0 bridgehead atoms. The number of aromatic nitrogens is 3. The molecule has 1 aromatic carbocycles. The maximum Gasteiger partial charge on any atom is 0.213 e. The van der Waals surface area contributed by atoms with Gasteiger partial charge in [-0.1, -0.05) is 44.2 Å². The van der Waals surface area contributed by atoms with E-state index < -0.39 is 0 Å². The van der Waals surface area contributed by atoms with Gasteiger partial charge in [0.1, 0.15) is 17.5 Å². The third-order valence-corrected chi connectivity index (χ3v) is 4.22. The van der Waals surface area contributed by atoms with Crippen LogP contribution in [0, 0.1) is 11.3 Å². The summed E-state index contributed by atoms with van der Waals surface area (Å²) >= 11 is 1.51. The normalized spacial score (nSPS) is 11.7. The molecule has 0 unspecified atom stereocenters. The van der Waals surface area contributed by atoms with Gasteiger partial charge in [0.05, 0.1) is 15.9 Å². The van der Waals surface area contributed by atoms with Crippen LogP contribution in [0.15, 0.2) is 24.3 Å². The van der Waals surface area contributed by atoms with E-state index in [2.05, 4.69) is 16.2 Å². The van der Waals surface area contributed by atoms with Crippen LogP contribution in [0.2, 0.25) is 0 Å². The molecule has 3 rings (SSSR count). The lowest BCUT2D eigenvalue weighted by molar-refractivity contribution is 0.559. The van der Waals surface area contributed by atoms with E-state index in [1.54, 1.807) is 4.68 Å². The van der Waals surface area contributed by atoms with Gasteiger partial charge in [0.25, 0.3) is 0 Å². The Morgan fingerprint density at radius 2 is 2.00 bits per heavy atom. The van der Waals surface area contributed by atoms with Crippen molar-refractivity contribution in [3.05, 3.63) is 35.5 Å². The predicted octanol–water partition coefficient (Wildman–Crippen LogP) is 3.23. The van der Waals surface area contributed by atoms with E-state index in [9.17, 15) is 5.26 Å². The first-order valence-corrected chi connectivity index (χ1v) is 7.38. The minimum atomic E-state index is -0.249. The van der Waals surface area contributed by atoms with Crippen molar-refractivity contribution in [2.45, 2.75) is 26.2 Å². The Morgan fingerprint density at radius 3 is 2.57 bits per heavy atom. The number of rotatable bonds is 1. The topological polar surface area (TPSA) is 80.5 Å². The largest absolute Gasteiger partial charge is 0.382 e. The number of nitrogens with zero attached hydrogens (tertiary/aromatic N) is 4. The van der Waals surface area contributed by atoms with Crippen LogP contribution < -0.4 is 5.73 Å². The summed E-state index contributed by atoms with van der Waals surface area (Å²) in [5, 5.41) is 14.6. The number of thiazole rings is 1. The van der Waals surface area contributed by atoms with Crippen molar-refractivity contribution in [2.24, 2.45) is 0 Å². The fourth-order valence-electron chi connectivity index (χ4n) is 2.16. The molecule has 0 fully saturated rings. The summed E-state index contributed by atoms with van der Waals surface area (Å²) in [4.78, 5) is 4.54. The second kappa shape index (κ2) is 4.57. The smallest absolute Gasteiger partial charge is 0.213 e. The van der Waals surface area contributed by atoms with Crippen LogP contribution in [-0.2, 0) is 5.41 Å². The first kappa shape index (κ1) is 13.6. The number of hydrogen-bond acceptors (Lipinski definition) is 5. The van der Waals surface area contributed by atoms with Crippen molar-refractivity contribution in [1.29, 1.82) is 5.26 Å². The van der Waals surface area contributed by atoms with Gasteiger partial charge in [0, 0.05) is 5.41 Å². The number of nitrogens with two attached hydrogens (primary N) is 1. The lowest BCUT2D eigenvalue weighted by Gasteiger charge is -2.14. The van der Waals surface area contributed by atoms with Gasteiger partial charge >= 0.3 is 0 Å². The maximum atomic E-state index is 9.36. The second-order valence-corrected chi connectivity index (χ2v) is 6.86. The summed E-state index contributed by atoms with van der Waals surface area (Å²) < 4.78 is 2.64. The van der Waals surface area contributed by atoms with Crippen molar-refractivity contribution < 1.29 is 0 Å². The minimum absolute atomic E-state index is 0.249. The van der Waals surface area contributed by atoms with Gasteiger partial charge in [-0.2, -0.15) is 15.0 Å². The van der Waals surface area contributed by atoms with Crippen LogP contribution in [-0.4, -0.2) is 14.8 Å². The van der Waals surface area contributed by atoms with Gasteiger partial charge in [-0.05, 0) is 12.1 Å². The van der Waals surface area contributed by atoms with Crippen LogP contribution in [0.5, 0.6) is 0 Å². The van der Waals surface area contributed by atoms with Crippen LogP contribution in [0.25, 0.3) is 15.3 Å². The van der Waals surface area contributed by atoms with Crippen LogP contribution in [0.3, 0.4) is 0 Å². The Morgan fingerprint density at radius 1 is 1.29 bits per heavy atom. The molecular weight excluding hydrogens is 282 g/mol. The zero-order chi connectivity index (χ0) is 15.2. The molecule has 0 saturated carbocycles. The molecule has 0 aliphatic carbocycles. The number of nitrogen functional groups attached to an aromatic ring is 1. The average Bonchev–Trinajstić information content (AvgIpc) is 2.98. The van der Waals surface area contributed by atoms with Gasteiger partial charge in [0.15, 0.2) is 0 Å². The van der Waals surface area contributed by atoms with Crippen LogP contribution in [0.1, 0.15) is 32.0 Å². The summed E-state index contributed by atoms with van der Waals surface area (Å²) in [5.74, 6) is 0.349. The van der Waals surface area contributed by atoms with E-state index in [0.29, 0.717) is 22.2 Å². The molecule has 106 valence electrons. The highest BCUT2D eigenvalue weighted by Crippen LogP contribution is 2.32. The third kappa shape index (κ3) is 2.16. The Hall–Kier alpha value is -2.39. The lowest BCUT2D eigenvalue weighted by Crippen LogP contribution is -2.14. The van der Waals surface area contributed by atoms with E-state index in [4.69, 9.17) is 5.73 Å². The number of benzene rings is 1. The molecule has 0 amide bonds. The van der Waals surface area contributed by atoms with E-state index in [1.165, 1.54) is 11.3 Å². The van der Waals surface area contributed by atoms with E-state index in [0.717, 1.165) is 10.2 Å². The average molecular weight is 297 g/mol. The Bertz CT molecular complexity index is 827. The second-order valence-electron chi connectivity index (χ2n) is 5.85. The first-order chi connectivity index (χ1) is 9.91. The number of hydrogen-bond donors (Lipinski definition) is 1. The Labute approximate surface area is 126 Å². The Balaban J connectivity index is 2.23. The minimum Gasteiger partial charge on any atom is -0.382 e. The van der Waals surface area contributed by atoms with E-state index in [1.807, 2.05) is 45.0 Å². The summed E-state index contributed by atoms with van der Waals surface area (Å²) in [6.45, 7) is 6.04. The lowest BCUT2D eigenvalue weighted by atomic mass is 9.90. The van der Waals surface area contributed by atoms with Gasteiger partial charge in [-0.15, -0.1) is 0 Å². The van der Waals surface area contributed by atoms with E-state index in [-0.39, 0.29) is 5.41 Å². The summed E-state index contributed by atoms with van der Waals surface area (Å²) in [5.41, 5.74) is 7.89. The molecule has 0 saturated heterocycles. The maximum absolute atomic E-state index is 9.36. The number of anilines is 1. The van der Waals surface area contributed by atoms with Crippen molar-refractivity contribution >= 4 is 27.4 Å². The molecule has 5 nitrogen and oxygen atoms in total. The Kier molecular flexibility index (Phi) is 2.96. The van der Waals surface area contributed by atoms with Gasteiger partial charge < -0.3 is 5.73 Å². The molecule has 0 aliphatic rings. The van der Waals surface area contributed by atoms with Crippen molar-refractivity contribution in [1.82, 2.24) is 14.8 Å². The molecule has 2 N–H and O–H groups in total. The molecule has 0 radical (unpaired) electrons. The highest BCUT2D eigenvalue weighted by atomic mass is 32.1. The number of fused-ring (bicyclic) bond motifs is 1. The van der Waals surface area contributed by atoms with Gasteiger partial charge in [-0.3, -0.25) is 0 Å². The van der Waals surface area contributed by atoms with Crippen LogP contribution in [0.4, 0.5) is 5.82 Å². The number of nitriles is 1. The quantitative estimate of drug-likeness (QED) is 0.747. The molecule has 3 aromatic rings. The van der Waals surface area contributed by atoms with E-state index >= 15 is 0 Å². The van der Waals surface area contributed by atoms with Crippen molar-refractivity contribution in [3.63, 3.8) is 0 Å². The zero-order valence-corrected chi connectivity index (χ0v) is 12.9. The van der Waals surface area contributed by atoms with Crippen molar-refractivity contribution in [3.8, 4) is 11.2 Å². The monoisotopic (exact) mass is 297 g/mol. The molecule has 6 heteroatoms. The van der Waals surface area contributed by atoms with Crippen molar-refractivity contribution in [2.75, 3.05) is 5.73 Å². The molecule has 0 atom stereocenters. The van der Waals surface area contributed by atoms with Crippen LogP contribution >= 0.6 is 11.3 Å². The predicted molar refractivity (Wildman–Crippen MR) is 84.6 cm³/mol. The highest BCUT2D eigenvalue weighted by Gasteiger charge is 2.27. The molecule has 2 aromatic heterocycles. The summed E-state index contributed by atoms with van der Waals surface area (Å²) in [7, 11) is 0. The molecule has 2 heterocycles. The first-order valence-electron chi connectivity index (χ1n) is 6.57. The fraction of sp³-hybridized carbons (Fsp3) is 0.267.